The number of hydrogen-bond donors (Lipinski definition) is 1. The van der Waals surface area contributed by atoms with Gasteiger partial charge < -0.3 is 9.67 Å². The van der Waals surface area contributed by atoms with Crippen molar-refractivity contribution in [2.75, 3.05) is 0 Å². The monoisotopic (exact) mass is 234 g/mol. The summed E-state index contributed by atoms with van der Waals surface area (Å²) in [6.07, 6.45) is 0. The lowest BCUT2D eigenvalue weighted by atomic mass is 10.1. The minimum absolute atomic E-state index is 0.0261. The van der Waals surface area contributed by atoms with Crippen LogP contribution in [-0.2, 0) is 7.05 Å². The summed E-state index contributed by atoms with van der Waals surface area (Å²) in [6.45, 7) is 1.73. The maximum absolute atomic E-state index is 12.8. The van der Waals surface area contributed by atoms with Crippen molar-refractivity contribution in [3.8, 4) is 11.3 Å². The molecule has 1 aromatic carbocycles. The average molecular weight is 234 g/mol. The molecule has 1 heterocycles. The van der Waals surface area contributed by atoms with Gasteiger partial charge >= 0.3 is 5.97 Å². The first-order chi connectivity index (χ1) is 8.00. The molecule has 0 aliphatic rings. The van der Waals surface area contributed by atoms with Gasteiger partial charge in [-0.1, -0.05) is 0 Å². The van der Waals surface area contributed by atoms with Crippen molar-refractivity contribution in [3.05, 3.63) is 41.6 Å². The topological polar surface area (TPSA) is 55.1 Å². The molecule has 88 valence electrons. The molecule has 0 radical (unpaired) electrons. The van der Waals surface area contributed by atoms with Crippen molar-refractivity contribution in [2.45, 2.75) is 6.92 Å². The first-order valence-corrected chi connectivity index (χ1v) is 5.03. The van der Waals surface area contributed by atoms with E-state index < -0.39 is 5.97 Å². The van der Waals surface area contributed by atoms with Gasteiger partial charge in [0, 0.05) is 12.6 Å². The number of carboxylic acid groups (broad SMARTS) is 1. The molecule has 4 nitrogen and oxygen atoms in total. The van der Waals surface area contributed by atoms with Crippen molar-refractivity contribution >= 4 is 5.97 Å². The summed E-state index contributed by atoms with van der Waals surface area (Å²) in [7, 11) is 1.63. The maximum atomic E-state index is 12.8. The van der Waals surface area contributed by atoms with E-state index in [1.807, 2.05) is 0 Å². The molecule has 0 unspecified atom stereocenters. The maximum Gasteiger partial charge on any atom is 0.372 e. The van der Waals surface area contributed by atoms with E-state index in [0.717, 1.165) is 5.56 Å². The van der Waals surface area contributed by atoms with Gasteiger partial charge in [0.25, 0.3) is 0 Å². The van der Waals surface area contributed by atoms with Crippen molar-refractivity contribution < 1.29 is 14.3 Å². The molecule has 0 aliphatic heterocycles. The van der Waals surface area contributed by atoms with Gasteiger partial charge in [0.1, 0.15) is 5.82 Å². The van der Waals surface area contributed by atoms with Crippen LogP contribution in [0.4, 0.5) is 4.39 Å². The van der Waals surface area contributed by atoms with Crippen LogP contribution in [0.5, 0.6) is 0 Å². The Bertz CT molecular complexity index is 573. The highest BCUT2D eigenvalue weighted by Gasteiger charge is 2.17. The van der Waals surface area contributed by atoms with Crippen LogP contribution in [0.15, 0.2) is 24.3 Å². The molecule has 2 rings (SSSR count). The third kappa shape index (κ3) is 1.91. The Labute approximate surface area is 97.3 Å². The van der Waals surface area contributed by atoms with E-state index in [-0.39, 0.29) is 11.6 Å². The fourth-order valence-corrected chi connectivity index (χ4v) is 1.84. The molecule has 1 aromatic heterocycles. The van der Waals surface area contributed by atoms with Crippen molar-refractivity contribution in [3.63, 3.8) is 0 Å². The van der Waals surface area contributed by atoms with Gasteiger partial charge in [0.15, 0.2) is 0 Å². The fraction of sp³-hybridized carbons (Fsp3) is 0.167. The van der Waals surface area contributed by atoms with Crippen LogP contribution in [0.25, 0.3) is 11.3 Å². The van der Waals surface area contributed by atoms with Gasteiger partial charge in [0.05, 0.1) is 11.4 Å². The Morgan fingerprint density at radius 1 is 1.35 bits per heavy atom. The summed E-state index contributed by atoms with van der Waals surface area (Å²) in [6, 6.07) is 5.88. The zero-order valence-electron chi connectivity index (χ0n) is 9.44. The van der Waals surface area contributed by atoms with Gasteiger partial charge in [-0.05, 0) is 31.2 Å². The third-order valence-corrected chi connectivity index (χ3v) is 2.58. The summed E-state index contributed by atoms with van der Waals surface area (Å²) in [5.74, 6) is -1.43. The van der Waals surface area contributed by atoms with Crippen molar-refractivity contribution in [2.24, 2.45) is 7.05 Å². The van der Waals surface area contributed by atoms with Crippen LogP contribution >= 0.6 is 0 Å². The Morgan fingerprint density at radius 2 is 1.94 bits per heavy atom. The molecule has 0 saturated heterocycles. The molecule has 0 atom stereocenters. The molecular formula is C12H11FN2O2. The number of rotatable bonds is 2. The van der Waals surface area contributed by atoms with Crippen LogP contribution in [0.3, 0.4) is 0 Å². The van der Waals surface area contributed by atoms with Crippen LogP contribution in [0.1, 0.15) is 16.3 Å². The molecule has 0 saturated carbocycles. The van der Waals surface area contributed by atoms with Crippen LogP contribution in [0.2, 0.25) is 0 Å². The zero-order valence-corrected chi connectivity index (χ0v) is 9.44. The summed E-state index contributed by atoms with van der Waals surface area (Å²) >= 11 is 0. The number of benzene rings is 1. The SMILES string of the molecule is Cc1nc(C(=O)O)n(C)c1-c1ccc(F)cc1. The largest absolute Gasteiger partial charge is 0.475 e. The summed E-state index contributed by atoms with van der Waals surface area (Å²) in [4.78, 5) is 14.9. The van der Waals surface area contributed by atoms with Crippen LogP contribution in [0, 0.1) is 12.7 Å². The van der Waals surface area contributed by atoms with Gasteiger partial charge in [-0.3, -0.25) is 0 Å². The van der Waals surface area contributed by atoms with Gasteiger partial charge in [0.2, 0.25) is 5.82 Å². The van der Waals surface area contributed by atoms with E-state index in [4.69, 9.17) is 5.11 Å². The van der Waals surface area contributed by atoms with Crippen LogP contribution < -0.4 is 0 Å². The number of aromatic carboxylic acids is 1. The fourth-order valence-electron chi connectivity index (χ4n) is 1.84. The summed E-state index contributed by atoms with van der Waals surface area (Å²) in [5.41, 5.74) is 2.03. The van der Waals surface area contributed by atoms with E-state index in [1.54, 1.807) is 26.1 Å². The van der Waals surface area contributed by atoms with Gasteiger partial charge in [-0.2, -0.15) is 0 Å². The first kappa shape index (κ1) is 11.3. The molecule has 0 spiro atoms. The number of aryl methyl sites for hydroxylation is 1. The summed E-state index contributed by atoms with van der Waals surface area (Å²) in [5, 5.41) is 8.95. The lowest BCUT2D eigenvalue weighted by molar-refractivity contribution is 0.0679. The van der Waals surface area contributed by atoms with Crippen molar-refractivity contribution in [1.82, 2.24) is 9.55 Å². The Hall–Kier alpha value is -2.17. The smallest absolute Gasteiger partial charge is 0.372 e. The Kier molecular flexibility index (Phi) is 2.67. The zero-order chi connectivity index (χ0) is 12.6. The van der Waals surface area contributed by atoms with E-state index in [0.29, 0.717) is 11.4 Å². The van der Waals surface area contributed by atoms with Gasteiger partial charge in [-0.15, -0.1) is 0 Å². The molecule has 1 N–H and O–H groups in total. The highest BCUT2D eigenvalue weighted by Crippen LogP contribution is 2.24. The highest BCUT2D eigenvalue weighted by molar-refractivity contribution is 5.85. The Morgan fingerprint density at radius 3 is 2.41 bits per heavy atom. The minimum atomic E-state index is -1.08. The lowest BCUT2D eigenvalue weighted by Gasteiger charge is -2.04. The van der Waals surface area contributed by atoms with Crippen molar-refractivity contribution in [1.29, 1.82) is 0 Å². The number of halogens is 1. The number of hydrogen-bond acceptors (Lipinski definition) is 2. The predicted molar refractivity (Wildman–Crippen MR) is 60.3 cm³/mol. The molecule has 2 aromatic rings. The standard InChI is InChI=1S/C12H11FN2O2/c1-7-10(8-3-5-9(13)6-4-8)15(2)11(14-7)12(16)17/h3-6H,1-2H3,(H,16,17). The number of nitrogens with zero attached hydrogens (tertiary/aromatic N) is 2. The third-order valence-electron chi connectivity index (χ3n) is 2.58. The molecule has 0 aliphatic carbocycles. The highest BCUT2D eigenvalue weighted by atomic mass is 19.1. The molecule has 5 heteroatoms. The second-order valence-corrected chi connectivity index (χ2v) is 3.74. The molecule has 17 heavy (non-hydrogen) atoms. The average Bonchev–Trinajstić information content (AvgIpc) is 2.56. The second-order valence-electron chi connectivity index (χ2n) is 3.74. The van der Waals surface area contributed by atoms with E-state index in [1.165, 1.54) is 16.7 Å². The number of aromatic nitrogens is 2. The lowest BCUT2D eigenvalue weighted by Crippen LogP contribution is -2.06. The van der Waals surface area contributed by atoms with Gasteiger partial charge in [-0.25, -0.2) is 14.2 Å². The number of imidazole rings is 1. The second kappa shape index (κ2) is 4.01. The molecule has 0 amide bonds. The van der Waals surface area contributed by atoms with E-state index in [2.05, 4.69) is 4.98 Å². The quantitative estimate of drug-likeness (QED) is 0.866. The Balaban J connectivity index is 2.59. The van der Waals surface area contributed by atoms with E-state index in [9.17, 15) is 9.18 Å². The number of carboxylic acids is 1. The minimum Gasteiger partial charge on any atom is -0.475 e. The molecule has 0 bridgehead atoms. The predicted octanol–water partition coefficient (Wildman–Crippen LogP) is 2.23. The normalized spacial score (nSPS) is 10.5. The van der Waals surface area contributed by atoms with Crippen LogP contribution in [-0.4, -0.2) is 20.6 Å². The van der Waals surface area contributed by atoms with E-state index >= 15 is 0 Å². The number of carbonyl (C=O) groups is 1. The summed E-state index contributed by atoms with van der Waals surface area (Å²) < 4.78 is 14.3. The first-order valence-electron chi connectivity index (χ1n) is 5.03. The molecule has 0 fully saturated rings. The molecular weight excluding hydrogens is 223 g/mol.